The van der Waals surface area contributed by atoms with Crippen LogP contribution in [0.1, 0.15) is 11.5 Å². The minimum atomic E-state index is -0.936. The van der Waals surface area contributed by atoms with Gasteiger partial charge in [-0.1, -0.05) is 58.4 Å². The lowest BCUT2D eigenvalue weighted by molar-refractivity contribution is -0.139. The number of nitrogens with one attached hydrogen (secondary N) is 1. The molecule has 3 aromatic carbocycles. The van der Waals surface area contributed by atoms with Crippen molar-refractivity contribution in [1.82, 2.24) is 9.97 Å². The Morgan fingerprint density at radius 1 is 1.03 bits per heavy atom. The van der Waals surface area contributed by atoms with Crippen LogP contribution in [0.25, 0.3) is 22.4 Å². The Labute approximate surface area is 232 Å². The van der Waals surface area contributed by atoms with E-state index in [0.717, 1.165) is 10.0 Å². The number of methoxy groups -OCH3 is 2. The Balaban J connectivity index is 1.73. The summed E-state index contributed by atoms with van der Waals surface area (Å²) in [4.78, 5) is 35.8. The number of rotatable bonds is 5. The number of hydrogen-bond donors (Lipinski definition) is 2. The molecule has 1 aliphatic heterocycles. The van der Waals surface area contributed by atoms with Crippen LogP contribution in [0.3, 0.4) is 0 Å². The third-order valence-corrected chi connectivity index (χ3v) is 6.98. The zero-order valence-electron chi connectivity index (χ0n) is 20.9. The topological polar surface area (TPSA) is 134 Å². The van der Waals surface area contributed by atoms with Gasteiger partial charge in [0, 0.05) is 10.0 Å². The Kier molecular flexibility index (Phi) is 6.92. The highest BCUT2D eigenvalue weighted by molar-refractivity contribution is 9.10. The lowest BCUT2D eigenvalue weighted by Crippen LogP contribution is -2.40. The predicted molar refractivity (Wildman–Crippen MR) is 149 cm³/mol. The number of aromatic nitrogens is 2. The van der Waals surface area contributed by atoms with Crippen molar-refractivity contribution in [1.29, 1.82) is 5.26 Å². The van der Waals surface area contributed by atoms with Gasteiger partial charge in [0.05, 0.1) is 54.1 Å². The van der Waals surface area contributed by atoms with Crippen molar-refractivity contribution in [3.8, 4) is 17.5 Å². The Hall–Kier alpha value is -4.88. The van der Waals surface area contributed by atoms with Gasteiger partial charge in [0.15, 0.2) is 0 Å². The Morgan fingerprint density at radius 2 is 1.72 bits per heavy atom. The summed E-state index contributed by atoms with van der Waals surface area (Å²) in [6.45, 7) is 0. The number of H-pyrrole nitrogens is 1. The monoisotopic (exact) mass is 583 g/mol. The number of imidazole rings is 1. The average Bonchev–Trinajstić information content (AvgIpc) is 3.40. The number of carbonyl (C=O) groups excluding carboxylic acids is 2. The molecule has 0 amide bonds. The molecule has 1 unspecified atom stereocenters. The zero-order valence-corrected chi connectivity index (χ0v) is 22.5. The van der Waals surface area contributed by atoms with Crippen molar-refractivity contribution < 1.29 is 19.1 Å². The highest BCUT2D eigenvalue weighted by Gasteiger charge is 2.43. The molecule has 4 aromatic rings. The number of allylic oxidation sites excluding steroid dienone is 1. The van der Waals surface area contributed by atoms with Crippen molar-refractivity contribution >= 4 is 44.6 Å². The maximum Gasteiger partial charge on any atom is 0.355 e. The average molecular weight is 584 g/mol. The normalized spacial score (nSPS) is 15.3. The van der Waals surface area contributed by atoms with E-state index in [4.69, 9.17) is 15.2 Å². The van der Waals surface area contributed by atoms with Gasteiger partial charge >= 0.3 is 11.9 Å². The molecule has 10 heteroatoms. The molecule has 9 nitrogen and oxygen atoms in total. The molecule has 39 heavy (non-hydrogen) atoms. The molecule has 0 aliphatic carbocycles. The Morgan fingerprint density at radius 3 is 2.36 bits per heavy atom. The van der Waals surface area contributed by atoms with Crippen LogP contribution in [0, 0.1) is 11.3 Å². The van der Waals surface area contributed by atoms with Gasteiger partial charge in [0.25, 0.3) is 0 Å². The zero-order chi connectivity index (χ0) is 27.7. The molecular formula is C29H22BrN5O4. The summed E-state index contributed by atoms with van der Waals surface area (Å²) in [6.07, 6.45) is 0. The molecule has 0 saturated heterocycles. The minimum absolute atomic E-state index is 0.00796. The fraction of sp³-hybridized carbons (Fsp3) is 0.103. The van der Waals surface area contributed by atoms with E-state index in [0.29, 0.717) is 28.1 Å². The summed E-state index contributed by atoms with van der Waals surface area (Å²) < 4.78 is 11.1. The van der Waals surface area contributed by atoms with E-state index >= 15 is 0 Å². The summed E-state index contributed by atoms with van der Waals surface area (Å²) in [5.74, 6) is -1.89. The number of nitriles is 1. The molecule has 0 radical (unpaired) electrons. The summed E-state index contributed by atoms with van der Waals surface area (Å²) in [5.41, 5.74) is 9.73. The summed E-state index contributed by atoms with van der Waals surface area (Å²) in [7, 11) is 2.42. The number of nitrogens with two attached hydrogens (primary N) is 1. The standard InChI is InChI=1S/C29H22BrN5O4/c1-38-28(36)24-23(16-6-4-3-5-7-16)20(15-31)26(32)35(25(24)29(37)39-2)19-12-13-21-22(14-19)34-27(33-21)17-8-10-18(30)11-9-17/h3-14,23H,32H2,1-2H3,(H,33,34). The minimum Gasteiger partial charge on any atom is -0.466 e. The molecular weight excluding hydrogens is 562 g/mol. The smallest absolute Gasteiger partial charge is 0.355 e. The molecule has 0 saturated carbocycles. The second-order valence-electron chi connectivity index (χ2n) is 8.63. The van der Waals surface area contributed by atoms with Gasteiger partial charge in [-0.05, 0) is 35.9 Å². The number of anilines is 1. The van der Waals surface area contributed by atoms with Crippen LogP contribution >= 0.6 is 15.9 Å². The Bertz CT molecular complexity index is 1700. The highest BCUT2D eigenvalue weighted by Crippen LogP contribution is 2.43. The molecule has 0 bridgehead atoms. The van der Waals surface area contributed by atoms with Crippen LogP contribution in [-0.4, -0.2) is 36.1 Å². The number of carbonyl (C=O) groups is 2. The van der Waals surface area contributed by atoms with Crippen LogP contribution in [0.5, 0.6) is 0 Å². The van der Waals surface area contributed by atoms with Crippen LogP contribution in [-0.2, 0) is 19.1 Å². The number of aromatic amines is 1. The van der Waals surface area contributed by atoms with Gasteiger partial charge in [0.1, 0.15) is 17.3 Å². The van der Waals surface area contributed by atoms with Gasteiger partial charge in [-0.15, -0.1) is 0 Å². The molecule has 0 fully saturated rings. The summed E-state index contributed by atoms with van der Waals surface area (Å²) in [5, 5.41) is 10.2. The third kappa shape index (κ3) is 4.53. The second-order valence-corrected chi connectivity index (χ2v) is 9.54. The fourth-order valence-electron chi connectivity index (χ4n) is 4.66. The van der Waals surface area contributed by atoms with Crippen LogP contribution in [0.4, 0.5) is 5.69 Å². The van der Waals surface area contributed by atoms with E-state index < -0.39 is 17.9 Å². The third-order valence-electron chi connectivity index (χ3n) is 6.45. The van der Waals surface area contributed by atoms with Crippen molar-refractivity contribution in [3.63, 3.8) is 0 Å². The van der Waals surface area contributed by atoms with Gasteiger partial charge in [-0.2, -0.15) is 5.26 Å². The number of esters is 2. The van der Waals surface area contributed by atoms with Gasteiger partial charge < -0.3 is 20.2 Å². The van der Waals surface area contributed by atoms with E-state index in [1.807, 2.05) is 30.3 Å². The first-order valence-electron chi connectivity index (χ1n) is 11.8. The number of hydrogen-bond acceptors (Lipinski definition) is 8. The van der Waals surface area contributed by atoms with Gasteiger partial charge in [-0.25, -0.2) is 14.6 Å². The van der Waals surface area contributed by atoms with Crippen LogP contribution < -0.4 is 10.6 Å². The lowest BCUT2D eigenvalue weighted by atomic mass is 9.81. The number of nitrogens with zero attached hydrogens (tertiary/aromatic N) is 3. The van der Waals surface area contributed by atoms with Crippen molar-refractivity contribution in [2.75, 3.05) is 19.1 Å². The van der Waals surface area contributed by atoms with Crippen molar-refractivity contribution in [2.24, 2.45) is 5.73 Å². The largest absolute Gasteiger partial charge is 0.466 e. The fourth-order valence-corrected chi connectivity index (χ4v) is 4.93. The second kappa shape index (κ2) is 10.5. The van der Waals surface area contributed by atoms with E-state index in [2.05, 4.69) is 32.0 Å². The predicted octanol–water partition coefficient (Wildman–Crippen LogP) is 4.89. The molecule has 194 valence electrons. The first-order valence-corrected chi connectivity index (χ1v) is 12.6. The highest BCUT2D eigenvalue weighted by atomic mass is 79.9. The number of ether oxygens (including phenoxy) is 2. The summed E-state index contributed by atoms with van der Waals surface area (Å²) >= 11 is 3.43. The van der Waals surface area contributed by atoms with E-state index in [1.165, 1.54) is 19.1 Å². The van der Waals surface area contributed by atoms with Crippen molar-refractivity contribution in [3.05, 3.63) is 105 Å². The van der Waals surface area contributed by atoms with E-state index in [9.17, 15) is 14.9 Å². The quantitative estimate of drug-likeness (QED) is 0.317. The molecule has 5 rings (SSSR count). The molecule has 1 aromatic heterocycles. The van der Waals surface area contributed by atoms with E-state index in [1.54, 1.807) is 42.5 Å². The lowest BCUT2D eigenvalue weighted by Gasteiger charge is -2.35. The van der Waals surface area contributed by atoms with Crippen LogP contribution in [0.15, 0.2) is 99.9 Å². The molecule has 1 aliphatic rings. The van der Waals surface area contributed by atoms with Crippen molar-refractivity contribution in [2.45, 2.75) is 5.92 Å². The van der Waals surface area contributed by atoms with E-state index in [-0.39, 0.29) is 22.7 Å². The first-order chi connectivity index (χ1) is 18.9. The maximum atomic E-state index is 13.3. The molecule has 2 heterocycles. The number of benzene rings is 3. The summed E-state index contributed by atoms with van der Waals surface area (Å²) in [6, 6.07) is 23.9. The number of fused-ring (bicyclic) bond motifs is 1. The van der Waals surface area contributed by atoms with Gasteiger partial charge in [-0.3, -0.25) is 4.90 Å². The van der Waals surface area contributed by atoms with Crippen LogP contribution in [0.2, 0.25) is 0 Å². The number of halogens is 1. The first kappa shape index (κ1) is 25.8. The SMILES string of the molecule is COC(=O)C1=C(C(=O)OC)N(c2ccc3nc(-c4ccc(Br)cc4)[nH]c3c2)C(N)=C(C#N)C1c1ccccc1. The maximum absolute atomic E-state index is 13.3. The van der Waals surface area contributed by atoms with Gasteiger partial charge in [0.2, 0.25) is 0 Å². The molecule has 1 atom stereocenters. The molecule has 0 spiro atoms. The molecule has 3 N–H and O–H groups in total.